The zero-order valence-corrected chi connectivity index (χ0v) is 12.4. The Labute approximate surface area is 124 Å². The van der Waals surface area contributed by atoms with Gasteiger partial charge in [0.15, 0.2) is 0 Å². The van der Waals surface area contributed by atoms with Crippen molar-refractivity contribution in [3.63, 3.8) is 0 Å². The first kappa shape index (κ1) is 13.6. The van der Waals surface area contributed by atoms with Crippen molar-refractivity contribution >= 4 is 45.6 Å². The molecule has 0 atom stereocenters. The van der Waals surface area contributed by atoms with Crippen LogP contribution in [0.5, 0.6) is 0 Å². The van der Waals surface area contributed by atoms with Crippen LogP contribution in [0, 0.1) is 3.57 Å². The molecular formula is C13H12ClIN2O. The Morgan fingerprint density at radius 1 is 1.17 bits per heavy atom. The molecule has 0 heterocycles. The zero-order valence-electron chi connectivity index (χ0n) is 9.48. The molecule has 2 aromatic carbocycles. The first-order chi connectivity index (χ1) is 8.61. The highest BCUT2D eigenvalue weighted by atomic mass is 127. The number of hydrogen-bond donors (Lipinski definition) is 2. The summed E-state index contributed by atoms with van der Waals surface area (Å²) in [4.78, 5) is 0. The number of rotatable bonds is 3. The predicted molar refractivity (Wildman–Crippen MR) is 82.4 cm³/mol. The highest BCUT2D eigenvalue weighted by Crippen LogP contribution is 2.28. The van der Waals surface area contributed by atoms with E-state index in [0.29, 0.717) is 22.9 Å². The molecule has 3 nitrogen and oxygen atoms in total. The Morgan fingerprint density at radius 3 is 2.44 bits per heavy atom. The lowest BCUT2D eigenvalue weighted by Crippen LogP contribution is -2.14. The summed E-state index contributed by atoms with van der Waals surface area (Å²) in [6.07, 6.45) is 0. The first-order valence-electron chi connectivity index (χ1n) is 5.35. The second-order valence-corrected chi connectivity index (χ2v) is 5.45. The van der Waals surface area contributed by atoms with E-state index < -0.39 is 0 Å². The summed E-state index contributed by atoms with van der Waals surface area (Å²) in [5.74, 6) is 0. The van der Waals surface area contributed by atoms with Gasteiger partial charge in [-0.1, -0.05) is 11.6 Å². The summed E-state index contributed by atoms with van der Waals surface area (Å²) in [7, 11) is 0. The van der Waals surface area contributed by atoms with Crippen LogP contribution < -0.4 is 10.8 Å². The molecule has 0 bridgehead atoms. The fourth-order valence-corrected chi connectivity index (χ4v) is 2.33. The van der Waals surface area contributed by atoms with Crippen LogP contribution in [-0.2, 0) is 6.54 Å². The minimum atomic E-state index is 0.372. The van der Waals surface area contributed by atoms with Crippen molar-refractivity contribution in [1.82, 2.24) is 0 Å². The minimum Gasteiger partial charge on any atom is -0.326 e. The number of hydrogen-bond acceptors (Lipinski definition) is 3. The van der Waals surface area contributed by atoms with Gasteiger partial charge in [0.2, 0.25) is 0 Å². The van der Waals surface area contributed by atoms with Crippen LogP contribution >= 0.6 is 34.2 Å². The third-order valence-electron chi connectivity index (χ3n) is 2.56. The lowest BCUT2D eigenvalue weighted by molar-refractivity contribution is 0.300. The highest BCUT2D eigenvalue weighted by Gasteiger charge is 2.10. The van der Waals surface area contributed by atoms with Gasteiger partial charge in [-0.2, -0.15) is 0 Å². The number of halogens is 2. The molecule has 0 amide bonds. The van der Waals surface area contributed by atoms with Crippen molar-refractivity contribution in [3.8, 4) is 0 Å². The Bertz CT molecular complexity index is 545. The Kier molecular flexibility index (Phi) is 4.45. The fourth-order valence-electron chi connectivity index (χ4n) is 1.65. The summed E-state index contributed by atoms with van der Waals surface area (Å²) in [5, 5.41) is 12.0. The van der Waals surface area contributed by atoms with Gasteiger partial charge in [-0.15, -0.1) is 0 Å². The Hall–Kier alpha value is -0.820. The van der Waals surface area contributed by atoms with Crippen LogP contribution in [0.2, 0.25) is 5.02 Å². The Balaban J connectivity index is 2.39. The maximum Gasteiger partial charge on any atom is 0.0738 e. The van der Waals surface area contributed by atoms with Crippen LogP contribution in [0.3, 0.4) is 0 Å². The molecule has 0 aliphatic heterocycles. The molecule has 2 rings (SSSR count). The third kappa shape index (κ3) is 2.95. The second-order valence-electron chi connectivity index (χ2n) is 3.77. The lowest BCUT2D eigenvalue weighted by Gasteiger charge is -2.20. The number of benzene rings is 2. The van der Waals surface area contributed by atoms with Crippen LogP contribution in [-0.4, -0.2) is 5.21 Å². The summed E-state index contributed by atoms with van der Waals surface area (Å²) in [5.41, 5.74) is 7.91. The summed E-state index contributed by atoms with van der Waals surface area (Å²) in [6.45, 7) is 0.372. The second kappa shape index (κ2) is 5.88. The van der Waals surface area contributed by atoms with Gasteiger partial charge in [0.1, 0.15) is 0 Å². The van der Waals surface area contributed by atoms with Crippen molar-refractivity contribution in [2.45, 2.75) is 6.54 Å². The smallest absolute Gasteiger partial charge is 0.0738 e. The molecule has 18 heavy (non-hydrogen) atoms. The fraction of sp³-hybridized carbons (Fsp3) is 0.0769. The van der Waals surface area contributed by atoms with E-state index in [4.69, 9.17) is 17.3 Å². The average molecular weight is 375 g/mol. The van der Waals surface area contributed by atoms with Crippen molar-refractivity contribution in [2.24, 2.45) is 5.73 Å². The maximum atomic E-state index is 10.2. The molecule has 0 spiro atoms. The highest BCUT2D eigenvalue weighted by molar-refractivity contribution is 14.1. The van der Waals surface area contributed by atoms with Crippen LogP contribution in [0.25, 0.3) is 0 Å². The van der Waals surface area contributed by atoms with Crippen LogP contribution in [0.1, 0.15) is 5.56 Å². The van der Waals surface area contributed by atoms with E-state index in [1.54, 1.807) is 24.3 Å². The molecule has 94 valence electrons. The number of nitrogens with two attached hydrogens (primary N) is 1. The molecule has 0 fully saturated rings. The molecule has 0 aromatic heterocycles. The largest absolute Gasteiger partial charge is 0.326 e. The van der Waals surface area contributed by atoms with E-state index in [2.05, 4.69) is 22.6 Å². The molecular weight excluding hydrogens is 363 g/mol. The van der Waals surface area contributed by atoms with Crippen molar-refractivity contribution < 1.29 is 5.21 Å². The van der Waals surface area contributed by atoms with Crippen molar-refractivity contribution in [2.75, 3.05) is 5.06 Å². The molecule has 0 saturated carbocycles. The maximum absolute atomic E-state index is 10.2. The van der Waals surface area contributed by atoms with E-state index >= 15 is 0 Å². The van der Waals surface area contributed by atoms with Crippen LogP contribution in [0.4, 0.5) is 11.4 Å². The normalized spacial score (nSPS) is 10.4. The molecule has 5 heteroatoms. The van der Waals surface area contributed by atoms with Gasteiger partial charge < -0.3 is 5.73 Å². The molecule has 2 aromatic rings. The van der Waals surface area contributed by atoms with Gasteiger partial charge in [0.25, 0.3) is 0 Å². The average Bonchev–Trinajstić information content (AvgIpc) is 2.38. The molecule has 0 radical (unpaired) electrons. The van der Waals surface area contributed by atoms with E-state index in [9.17, 15) is 5.21 Å². The number of nitrogens with zero attached hydrogens (tertiary/aromatic N) is 1. The SMILES string of the molecule is NCc1cc(I)ccc1N(O)c1ccc(Cl)cc1. The predicted octanol–water partition coefficient (Wildman–Crippen LogP) is 3.93. The third-order valence-corrected chi connectivity index (χ3v) is 3.48. The van der Waals surface area contributed by atoms with Gasteiger partial charge >= 0.3 is 0 Å². The number of anilines is 2. The van der Waals surface area contributed by atoms with Gasteiger partial charge in [-0.05, 0) is 70.6 Å². The van der Waals surface area contributed by atoms with Crippen molar-refractivity contribution in [3.05, 3.63) is 56.6 Å². The molecule has 0 aliphatic carbocycles. The topological polar surface area (TPSA) is 49.5 Å². The summed E-state index contributed by atoms with van der Waals surface area (Å²) in [6, 6.07) is 12.7. The molecule has 0 unspecified atom stereocenters. The monoisotopic (exact) mass is 374 g/mol. The minimum absolute atomic E-state index is 0.372. The molecule has 0 saturated heterocycles. The van der Waals surface area contributed by atoms with Gasteiger partial charge in [0, 0.05) is 15.1 Å². The van der Waals surface area contributed by atoms with E-state index in [1.165, 1.54) is 0 Å². The first-order valence-corrected chi connectivity index (χ1v) is 6.80. The standard InChI is InChI=1S/C13H12ClIN2O/c14-10-1-4-12(5-2-10)17(18)13-6-3-11(15)7-9(13)8-16/h1-7,18H,8,16H2. The lowest BCUT2D eigenvalue weighted by atomic mass is 10.1. The van der Waals surface area contributed by atoms with E-state index in [0.717, 1.165) is 14.2 Å². The summed E-state index contributed by atoms with van der Waals surface area (Å²) < 4.78 is 1.08. The van der Waals surface area contributed by atoms with Gasteiger partial charge in [-0.25, -0.2) is 5.06 Å². The van der Waals surface area contributed by atoms with E-state index in [1.807, 2.05) is 18.2 Å². The zero-order chi connectivity index (χ0) is 13.1. The van der Waals surface area contributed by atoms with Gasteiger partial charge in [0.05, 0.1) is 11.4 Å². The van der Waals surface area contributed by atoms with E-state index in [-0.39, 0.29) is 0 Å². The van der Waals surface area contributed by atoms with Gasteiger partial charge in [-0.3, -0.25) is 5.21 Å². The quantitative estimate of drug-likeness (QED) is 0.632. The van der Waals surface area contributed by atoms with Crippen molar-refractivity contribution in [1.29, 1.82) is 0 Å². The molecule has 0 aliphatic rings. The molecule has 3 N–H and O–H groups in total. The van der Waals surface area contributed by atoms with Crippen LogP contribution in [0.15, 0.2) is 42.5 Å². The summed E-state index contributed by atoms with van der Waals surface area (Å²) >= 11 is 8.04. The Morgan fingerprint density at radius 2 is 1.83 bits per heavy atom.